The van der Waals surface area contributed by atoms with Crippen molar-refractivity contribution in [2.45, 2.75) is 58.3 Å². The zero-order valence-corrected chi connectivity index (χ0v) is 19.4. The second-order valence-corrected chi connectivity index (χ2v) is 10.4. The molecule has 0 heterocycles. The predicted molar refractivity (Wildman–Crippen MR) is 128 cm³/mol. The normalized spacial score (nSPS) is 20.8. The molecule has 2 aromatic carbocycles. The molecular weight excluding hydrogens is 459 g/mol. The van der Waals surface area contributed by atoms with Crippen molar-refractivity contribution in [3.63, 3.8) is 0 Å². The Balaban J connectivity index is 1.44. The number of halogens is 1. The van der Waals surface area contributed by atoms with Crippen LogP contribution in [0.1, 0.15) is 71.4 Å². The third-order valence-corrected chi connectivity index (χ3v) is 8.41. The fourth-order valence-corrected chi connectivity index (χ4v) is 5.95. The van der Waals surface area contributed by atoms with E-state index in [9.17, 15) is 0 Å². The maximum Gasteiger partial charge on any atom is 0.0162 e. The highest BCUT2D eigenvalue weighted by molar-refractivity contribution is 14.1. The van der Waals surface area contributed by atoms with Crippen LogP contribution in [-0.2, 0) is 6.42 Å². The average molecular weight is 486 g/mol. The van der Waals surface area contributed by atoms with E-state index in [4.69, 9.17) is 0 Å². The Hall–Kier alpha value is -1.00. The van der Waals surface area contributed by atoms with E-state index in [1.54, 1.807) is 22.9 Å². The van der Waals surface area contributed by atoms with Gasteiger partial charge in [-0.1, -0.05) is 48.2 Å². The summed E-state index contributed by atoms with van der Waals surface area (Å²) in [4.78, 5) is 1.16. The van der Waals surface area contributed by atoms with Gasteiger partial charge in [0.2, 0.25) is 0 Å². The molecule has 27 heavy (non-hydrogen) atoms. The summed E-state index contributed by atoms with van der Waals surface area (Å²) in [6.07, 6.45) is 5.17. The van der Waals surface area contributed by atoms with Crippen molar-refractivity contribution in [3.05, 3.63) is 84.8 Å². The van der Waals surface area contributed by atoms with E-state index < -0.39 is 0 Å². The van der Waals surface area contributed by atoms with Crippen LogP contribution in [-0.4, -0.2) is 0 Å². The first-order chi connectivity index (χ1) is 12.9. The second kappa shape index (κ2) is 7.79. The standard InChI is InChI=1S/C25H27IS/c1-15(9-22-10-17(3)25(26)11-16(22)2)14-27-18(4)19-7-8-23-20-5-6-21(12-20)24(23)13-19/h7-8,10-11,13-14,20-21H,4-6,9,12H2,1-3H3/b15-14+. The van der Waals surface area contributed by atoms with Crippen molar-refractivity contribution < 1.29 is 0 Å². The monoisotopic (exact) mass is 486 g/mol. The van der Waals surface area contributed by atoms with Crippen LogP contribution in [0.15, 0.2) is 47.9 Å². The van der Waals surface area contributed by atoms with Gasteiger partial charge in [0, 0.05) is 8.48 Å². The largest absolute Gasteiger partial charge is 0.0981 e. The van der Waals surface area contributed by atoms with Crippen LogP contribution < -0.4 is 0 Å². The van der Waals surface area contributed by atoms with Gasteiger partial charge in [0.05, 0.1) is 0 Å². The number of hydrogen-bond acceptors (Lipinski definition) is 1. The Labute approximate surface area is 181 Å². The van der Waals surface area contributed by atoms with Crippen LogP contribution in [0, 0.1) is 17.4 Å². The summed E-state index contributed by atoms with van der Waals surface area (Å²) in [6.45, 7) is 11.0. The zero-order valence-electron chi connectivity index (χ0n) is 16.4. The zero-order chi connectivity index (χ0) is 19.1. The van der Waals surface area contributed by atoms with Gasteiger partial charge in [-0.3, -0.25) is 0 Å². The van der Waals surface area contributed by atoms with Crippen molar-refractivity contribution >= 4 is 39.3 Å². The molecular formula is C25H27IS. The molecule has 0 spiro atoms. The predicted octanol–water partition coefficient (Wildman–Crippen LogP) is 8.12. The summed E-state index contributed by atoms with van der Waals surface area (Å²) >= 11 is 4.20. The van der Waals surface area contributed by atoms with Gasteiger partial charge in [-0.2, -0.15) is 0 Å². The molecule has 0 saturated heterocycles. The van der Waals surface area contributed by atoms with Crippen LogP contribution in [0.25, 0.3) is 4.91 Å². The molecule has 2 aliphatic carbocycles. The van der Waals surface area contributed by atoms with Crippen LogP contribution in [0.5, 0.6) is 0 Å². The summed E-state index contributed by atoms with van der Waals surface area (Å²) in [5.41, 5.74) is 10.1. The van der Waals surface area contributed by atoms with Crippen molar-refractivity contribution in [3.8, 4) is 0 Å². The first-order valence-electron chi connectivity index (χ1n) is 9.83. The van der Waals surface area contributed by atoms with Gasteiger partial charge in [-0.05, 0) is 126 Å². The van der Waals surface area contributed by atoms with Gasteiger partial charge in [0.1, 0.15) is 0 Å². The minimum absolute atomic E-state index is 0.812. The molecule has 0 aliphatic heterocycles. The molecule has 0 radical (unpaired) electrons. The fraction of sp³-hybridized carbons (Fsp3) is 0.360. The Kier molecular flexibility index (Phi) is 5.57. The molecule has 1 fully saturated rings. The number of allylic oxidation sites excluding steroid dienone is 1. The summed E-state index contributed by atoms with van der Waals surface area (Å²) in [7, 11) is 0. The quantitative estimate of drug-likeness (QED) is 0.385. The van der Waals surface area contributed by atoms with Gasteiger partial charge in [-0.15, -0.1) is 0 Å². The lowest BCUT2D eigenvalue weighted by atomic mass is 9.90. The van der Waals surface area contributed by atoms with E-state index >= 15 is 0 Å². The van der Waals surface area contributed by atoms with Crippen LogP contribution in [0.3, 0.4) is 0 Å². The van der Waals surface area contributed by atoms with Crippen LogP contribution >= 0.6 is 34.4 Å². The van der Waals surface area contributed by atoms with E-state index in [2.05, 4.69) is 85.7 Å². The van der Waals surface area contributed by atoms with Crippen molar-refractivity contribution in [2.75, 3.05) is 0 Å². The third-order valence-electron chi connectivity index (χ3n) is 6.21. The van der Waals surface area contributed by atoms with E-state index in [0.29, 0.717) is 0 Å². The Morgan fingerprint density at radius 3 is 2.63 bits per heavy atom. The van der Waals surface area contributed by atoms with Crippen LogP contribution in [0.2, 0.25) is 0 Å². The second-order valence-electron chi connectivity index (χ2n) is 8.26. The number of rotatable bonds is 5. The van der Waals surface area contributed by atoms with Crippen molar-refractivity contribution in [1.82, 2.24) is 0 Å². The average Bonchev–Trinajstić information content (AvgIpc) is 3.26. The molecule has 0 amide bonds. The van der Waals surface area contributed by atoms with Crippen molar-refractivity contribution in [2.24, 2.45) is 0 Å². The lowest BCUT2D eigenvalue weighted by Gasteiger charge is -2.16. The molecule has 0 aromatic heterocycles. The van der Waals surface area contributed by atoms with E-state index in [1.807, 2.05) is 0 Å². The van der Waals surface area contributed by atoms with E-state index in [1.165, 1.54) is 50.7 Å². The molecule has 2 atom stereocenters. The minimum atomic E-state index is 0.812. The molecule has 0 N–H and O–H groups in total. The molecule has 4 rings (SSSR count). The highest BCUT2D eigenvalue weighted by Crippen LogP contribution is 2.53. The number of thioether (sulfide) groups is 1. The maximum absolute atomic E-state index is 4.35. The summed E-state index contributed by atoms with van der Waals surface area (Å²) in [5.74, 6) is 1.65. The fourth-order valence-electron chi connectivity index (χ4n) is 4.63. The van der Waals surface area contributed by atoms with E-state index in [-0.39, 0.29) is 0 Å². The molecule has 2 unspecified atom stereocenters. The van der Waals surface area contributed by atoms with Gasteiger partial charge >= 0.3 is 0 Å². The van der Waals surface area contributed by atoms with E-state index in [0.717, 1.165) is 23.2 Å². The number of fused-ring (bicyclic) bond motifs is 5. The number of hydrogen-bond donors (Lipinski definition) is 0. The molecule has 2 aliphatic rings. The molecule has 2 aromatic rings. The Morgan fingerprint density at radius 1 is 1.11 bits per heavy atom. The Morgan fingerprint density at radius 2 is 1.85 bits per heavy atom. The molecule has 140 valence electrons. The molecule has 1 saturated carbocycles. The highest BCUT2D eigenvalue weighted by Gasteiger charge is 2.36. The highest BCUT2D eigenvalue weighted by atomic mass is 127. The van der Waals surface area contributed by atoms with Crippen molar-refractivity contribution in [1.29, 1.82) is 0 Å². The SMILES string of the molecule is C=C(S/C=C(\C)Cc1cc(C)c(I)cc1C)c1ccc2c(c1)C1CCC2C1. The van der Waals surface area contributed by atoms with Crippen LogP contribution in [0.4, 0.5) is 0 Å². The maximum atomic E-state index is 4.35. The summed E-state index contributed by atoms with van der Waals surface area (Å²) in [5, 5.41) is 2.29. The Bertz CT molecular complexity index is 938. The topological polar surface area (TPSA) is 0 Å². The first-order valence-corrected chi connectivity index (χ1v) is 11.8. The lowest BCUT2D eigenvalue weighted by Crippen LogP contribution is -1.98. The third kappa shape index (κ3) is 3.93. The molecule has 2 heteroatoms. The first kappa shape index (κ1) is 19.3. The summed E-state index contributed by atoms with van der Waals surface area (Å²) in [6, 6.07) is 11.7. The number of aryl methyl sites for hydroxylation is 2. The smallest absolute Gasteiger partial charge is 0.0162 e. The molecule has 0 nitrogen and oxygen atoms in total. The molecule has 2 bridgehead atoms. The number of benzene rings is 2. The summed E-state index contributed by atoms with van der Waals surface area (Å²) < 4.78 is 1.35. The van der Waals surface area contributed by atoms with Gasteiger partial charge in [0.15, 0.2) is 0 Å². The lowest BCUT2D eigenvalue weighted by molar-refractivity contribution is 0.717. The van der Waals surface area contributed by atoms with Gasteiger partial charge < -0.3 is 0 Å². The minimum Gasteiger partial charge on any atom is -0.0981 e. The van der Waals surface area contributed by atoms with Gasteiger partial charge in [-0.25, -0.2) is 0 Å². The van der Waals surface area contributed by atoms with Gasteiger partial charge in [0.25, 0.3) is 0 Å².